The van der Waals surface area contributed by atoms with Crippen molar-refractivity contribution in [1.29, 1.82) is 5.26 Å². The van der Waals surface area contributed by atoms with E-state index >= 15 is 0 Å². The number of methoxy groups -OCH3 is 1. The molecule has 2 saturated heterocycles. The lowest BCUT2D eigenvalue weighted by Crippen LogP contribution is -2.58. The summed E-state index contributed by atoms with van der Waals surface area (Å²) in [5, 5.41) is 12.6. The fraction of sp³-hybridized carbons (Fsp3) is 0.500. The Kier molecular flexibility index (Phi) is 5.22. The van der Waals surface area contributed by atoms with Crippen LogP contribution in [-0.2, 0) is 10.3 Å². The Morgan fingerprint density at radius 2 is 2.16 bits per heavy atom. The number of nitriles is 1. The highest BCUT2D eigenvalue weighted by Crippen LogP contribution is 2.46. The first-order valence-corrected chi connectivity index (χ1v) is 11.2. The number of pyridine rings is 2. The van der Waals surface area contributed by atoms with Crippen LogP contribution in [0.15, 0.2) is 36.7 Å². The Morgan fingerprint density at radius 1 is 1.31 bits per heavy atom. The number of nitrogens with one attached hydrogen (secondary N) is 1. The van der Waals surface area contributed by atoms with Gasteiger partial charge in [0, 0.05) is 43.1 Å². The summed E-state index contributed by atoms with van der Waals surface area (Å²) in [7, 11) is 1.62. The largest absolute Gasteiger partial charge is 0.481 e. The summed E-state index contributed by atoms with van der Waals surface area (Å²) in [5.41, 5.74) is 1.55. The molecule has 4 heterocycles. The normalized spacial score (nSPS) is 25.3. The lowest BCUT2D eigenvalue weighted by molar-refractivity contribution is -0.131. The van der Waals surface area contributed by atoms with Crippen molar-refractivity contribution in [2.45, 2.75) is 43.8 Å². The molecule has 166 valence electrons. The molecule has 3 atom stereocenters. The van der Waals surface area contributed by atoms with Gasteiger partial charge in [-0.15, -0.1) is 0 Å². The number of likely N-dealkylation sites (tertiary alicyclic amines) is 1. The number of nitrogens with zero attached hydrogens (tertiary/aromatic N) is 5. The second kappa shape index (κ2) is 8.06. The van der Waals surface area contributed by atoms with Crippen molar-refractivity contribution in [3.63, 3.8) is 0 Å². The molecule has 2 aliphatic heterocycles. The van der Waals surface area contributed by atoms with Crippen molar-refractivity contribution in [3.8, 4) is 11.9 Å². The van der Waals surface area contributed by atoms with Crippen molar-refractivity contribution >= 4 is 11.7 Å². The van der Waals surface area contributed by atoms with Crippen LogP contribution in [0.5, 0.6) is 5.88 Å². The van der Waals surface area contributed by atoms with Crippen LogP contribution in [0.2, 0.25) is 0 Å². The van der Waals surface area contributed by atoms with E-state index in [1.807, 2.05) is 29.2 Å². The average molecular weight is 433 g/mol. The maximum Gasteiger partial charge on any atom is 0.236 e. The summed E-state index contributed by atoms with van der Waals surface area (Å²) < 4.78 is 5.26. The maximum absolute atomic E-state index is 13.1. The van der Waals surface area contributed by atoms with Crippen LogP contribution >= 0.6 is 0 Å². The van der Waals surface area contributed by atoms with E-state index in [0.29, 0.717) is 37.0 Å². The molecule has 8 nitrogen and oxygen atoms in total. The van der Waals surface area contributed by atoms with E-state index in [1.54, 1.807) is 19.5 Å². The minimum Gasteiger partial charge on any atom is -0.481 e. The van der Waals surface area contributed by atoms with E-state index in [0.717, 1.165) is 30.6 Å². The van der Waals surface area contributed by atoms with Crippen molar-refractivity contribution in [2.24, 2.45) is 5.92 Å². The van der Waals surface area contributed by atoms with Crippen LogP contribution in [0.4, 0.5) is 5.82 Å². The van der Waals surface area contributed by atoms with Gasteiger partial charge in [0.25, 0.3) is 0 Å². The summed E-state index contributed by atoms with van der Waals surface area (Å²) >= 11 is 0. The molecular weight excluding hydrogens is 404 g/mol. The van der Waals surface area contributed by atoms with E-state index in [-0.39, 0.29) is 23.5 Å². The van der Waals surface area contributed by atoms with Gasteiger partial charge in [0.2, 0.25) is 11.8 Å². The Bertz CT molecular complexity index is 1050. The van der Waals surface area contributed by atoms with Crippen LogP contribution in [-0.4, -0.2) is 59.6 Å². The highest BCUT2D eigenvalue weighted by Gasteiger charge is 2.47. The van der Waals surface area contributed by atoms with Gasteiger partial charge >= 0.3 is 0 Å². The van der Waals surface area contributed by atoms with Crippen LogP contribution in [0.1, 0.15) is 37.3 Å². The number of amides is 1. The molecule has 0 spiro atoms. The summed E-state index contributed by atoms with van der Waals surface area (Å²) in [6.07, 6.45) is 6.45. The fourth-order valence-corrected chi connectivity index (χ4v) is 5.26. The summed E-state index contributed by atoms with van der Waals surface area (Å²) in [5.74, 6) is 2.13. The first-order valence-electron chi connectivity index (χ1n) is 11.2. The van der Waals surface area contributed by atoms with Gasteiger partial charge in [0.1, 0.15) is 11.9 Å². The average Bonchev–Trinajstić information content (AvgIpc) is 3.60. The summed E-state index contributed by atoms with van der Waals surface area (Å²) in [6, 6.07) is 10.3. The topological polar surface area (TPSA) is 94.4 Å². The molecule has 1 saturated carbocycles. The second-order valence-corrected chi connectivity index (χ2v) is 9.18. The Morgan fingerprint density at radius 3 is 2.81 bits per heavy atom. The zero-order chi connectivity index (χ0) is 22.3. The van der Waals surface area contributed by atoms with Crippen LogP contribution in [0.25, 0.3) is 0 Å². The van der Waals surface area contributed by atoms with Gasteiger partial charge in [0.05, 0.1) is 25.3 Å². The molecule has 1 aliphatic carbocycles. The van der Waals surface area contributed by atoms with Crippen molar-refractivity contribution in [3.05, 3.63) is 47.8 Å². The molecule has 1 amide bonds. The maximum atomic E-state index is 13.1. The zero-order valence-electron chi connectivity index (χ0n) is 18.5. The number of rotatable bonds is 6. The second-order valence-electron chi connectivity index (χ2n) is 9.18. The third kappa shape index (κ3) is 3.67. The van der Waals surface area contributed by atoms with E-state index in [9.17, 15) is 4.79 Å². The number of carbonyl (C=O) groups is 1. The molecule has 3 aliphatic rings. The van der Waals surface area contributed by atoms with Crippen molar-refractivity contribution in [2.75, 3.05) is 31.6 Å². The smallest absolute Gasteiger partial charge is 0.236 e. The molecule has 8 heteroatoms. The van der Waals surface area contributed by atoms with Crippen LogP contribution in [0.3, 0.4) is 0 Å². The lowest BCUT2D eigenvalue weighted by atomic mass is 10.0. The molecule has 2 unspecified atom stereocenters. The Balaban J connectivity index is 1.24. The molecule has 1 N–H and O–H groups in total. The van der Waals surface area contributed by atoms with E-state index in [2.05, 4.69) is 33.2 Å². The number of aromatic nitrogens is 2. The van der Waals surface area contributed by atoms with Gasteiger partial charge in [-0.25, -0.2) is 9.97 Å². The molecule has 2 aromatic heterocycles. The number of hydrogen-bond acceptors (Lipinski definition) is 7. The van der Waals surface area contributed by atoms with Crippen molar-refractivity contribution < 1.29 is 9.53 Å². The van der Waals surface area contributed by atoms with Gasteiger partial charge in [0.15, 0.2) is 0 Å². The van der Waals surface area contributed by atoms with Crippen LogP contribution < -0.4 is 15.0 Å². The first kappa shape index (κ1) is 20.7. The SMILES string of the molecule is COc1cc(C2(NCC(=O)N3CC4C[C@H](C)C(C3)N4c3ccc(C#N)cn3)CC2)ccn1. The van der Waals surface area contributed by atoms with Crippen molar-refractivity contribution in [1.82, 2.24) is 20.2 Å². The van der Waals surface area contributed by atoms with Gasteiger partial charge in [-0.1, -0.05) is 6.92 Å². The predicted molar refractivity (Wildman–Crippen MR) is 119 cm³/mol. The summed E-state index contributed by atoms with van der Waals surface area (Å²) in [6.45, 7) is 3.99. The lowest BCUT2D eigenvalue weighted by Gasteiger charge is -2.42. The molecule has 0 radical (unpaired) electrons. The van der Waals surface area contributed by atoms with Gasteiger partial charge in [-0.2, -0.15) is 5.26 Å². The molecule has 3 fully saturated rings. The van der Waals surface area contributed by atoms with Gasteiger partial charge in [-0.05, 0) is 48.9 Å². The van der Waals surface area contributed by atoms with Gasteiger partial charge < -0.3 is 14.5 Å². The third-order valence-corrected chi connectivity index (χ3v) is 7.21. The quantitative estimate of drug-likeness (QED) is 0.747. The van der Waals surface area contributed by atoms with E-state index in [4.69, 9.17) is 10.00 Å². The Hall–Kier alpha value is -3.18. The number of fused-ring (bicyclic) bond motifs is 2. The Labute approximate surface area is 188 Å². The van der Waals surface area contributed by atoms with E-state index in [1.165, 1.54) is 0 Å². The number of hydrogen-bond donors (Lipinski definition) is 1. The molecule has 5 rings (SSSR count). The molecule has 2 aromatic rings. The first-order chi connectivity index (χ1) is 15.5. The molecule has 0 aromatic carbocycles. The third-order valence-electron chi connectivity index (χ3n) is 7.21. The fourth-order valence-electron chi connectivity index (χ4n) is 5.26. The number of carbonyl (C=O) groups excluding carboxylic acids is 1. The standard InChI is InChI=1S/C24H28N6O2/c1-16-9-19-14-29(15-20(16)30(19)21-4-3-17(11-25)12-27-21)23(31)13-28-24(6-7-24)18-5-8-26-22(10-18)32-2/h3-5,8,10,12,16,19-20,28H,6-7,9,13-15H2,1-2H3/t16-,19?,20?/m0/s1. The number of anilines is 1. The van der Waals surface area contributed by atoms with E-state index < -0.39 is 0 Å². The minimum absolute atomic E-state index is 0.146. The minimum atomic E-state index is -0.146. The highest BCUT2D eigenvalue weighted by molar-refractivity contribution is 5.79. The predicted octanol–water partition coefficient (Wildman–Crippen LogP) is 2.06. The monoisotopic (exact) mass is 432 g/mol. The number of piperazine rings is 1. The van der Waals surface area contributed by atoms with Crippen LogP contribution in [0, 0.1) is 17.2 Å². The molecule has 2 bridgehead atoms. The molecular formula is C24H28N6O2. The van der Waals surface area contributed by atoms with Gasteiger partial charge in [-0.3, -0.25) is 10.1 Å². The molecule has 32 heavy (non-hydrogen) atoms. The zero-order valence-corrected chi connectivity index (χ0v) is 18.5. The highest BCUT2D eigenvalue weighted by atomic mass is 16.5. The number of ether oxygens (including phenoxy) is 1. The summed E-state index contributed by atoms with van der Waals surface area (Å²) in [4.78, 5) is 26.2.